The summed E-state index contributed by atoms with van der Waals surface area (Å²) >= 11 is 0. The van der Waals surface area contributed by atoms with E-state index in [1.165, 1.54) is 21.9 Å². The van der Waals surface area contributed by atoms with Gasteiger partial charge in [-0.25, -0.2) is 0 Å². The zero-order valence-corrected chi connectivity index (χ0v) is 9.61. The summed E-state index contributed by atoms with van der Waals surface area (Å²) in [5.41, 5.74) is 14.0. The molecule has 2 rings (SSSR count). The van der Waals surface area contributed by atoms with Crippen LogP contribution in [0.1, 0.15) is 23.6 Å². The molecule has 0 bridgehead atoms. The predicted molar refractivity (Wildman–Crippen MR) is 69.3 cm³/mol. The fourth-order valence-corrected chi connectivity index (χ4v) is 1.96. The van der Waals surface area contributed by atoms with Crippen LogP contribution in [-0.2, 0) is 0 Å². The van der Waals surface area contributed by atoms with E-state index in [0.717, 1.165) is 6.42 Å². The van der Waals surface area contributed by atoms with Gasteiger partial charge in [0.05, 0.1) is 0 Å². The van der Waals surface area contributed by atoms with Crippen LogP contribution in [0.15, 0.2) is 36.4 Å². The highest BCUT2D eigenvalue weighted by molar-refractivity contribution is 5.83. The third-order valence-corrected chi connectivity index (χ3v) is 2.93. The molecule has 0 saturated heterocycles. The molecule has 0 aromatic heterocycles. The van der Waals surface area contributed by atoms with Crippen LogP contribution in [0.4, 0.5) is 0 Å². The SMILES string of the molecule is Cc1ccc2cc(C(N)CCN)ccc2c1. The van der Waals surface area contributed by atoms with Crippen LogP contribution in [-0.4, -0.2) is 6.54 Å². The van der Waals surface area contributed by atoms with Crippen molar-refractivity contribution in [3.8, 4) is 0 Å². The Hall–Kier alpha value is -1.38. The maximum atomic E-state index is 6.05. The minimum absolute atomic E-state index is 0.0516. The first kappa shape index (κ1) is 11.1. The van der Waals surface area contributed by atoms with Crippen LogP contribution in [0.5, 0.6) is 0 Å². The molecule has 2 aromatic carbocycles. The highest BCUT2D eigenvalue weighted by Gasteiger charge is 2.05. The van der Waals surface area contributed by atoms with Gasteiger partial charge >= 0.3 is 0 Å². The Balaban J connectivity index is 2.40. The first-order chi connectivity index (χ1) is 7.70. The summed E-state index contributed by atoms with van der Waals surface area (Å²) in [7, 11) is 0. The molecule has 84 valence electrons. The second kappa shape index (κ2) is 4.64. The number of rotatable bonds is 3. The van der Waals surface area contributed by atoms with Crippen LogP contribution in [0, 0.1) is 6.92 Å². The second-order valence-electron chi connectivity index (χ2n) is 4.29. The Bertz CT molecular complexity index is 491. The molecular weight excluding hydrogens is 196 g/mol. The Labute approximate surface area is 96.3 Å². The maximum Gasteiger partial charge on any atom is 0.0307 e. The lowest BCUT2D eigenvalue weighted by Gasteiger charge is -2.11. The van der Waals surface area contributed by atoms with E-state index in [1.807, 2.05) is 0 Å². The fourth-order valence-electron chi connectivity index (χ4n) is 1.96. The number of benzene rings is 2. The van der Waals surface area contributed by atoms with Gasteiger partial charge in [0.1, 0.15) is 0 Å². The number of aryl methyl sites for hydroxylation is 1. The van der Waals surface area contributed by atoms with Crippen molar-refractivity contribution >= 4 is 10.8 Å². The zero-order chi connectivity index (χ0) is 11.5. The van der Waals surface area contributed by atoms with E-state index in [2.05, 4.69) is 43.3 Å². The smallest absolute Gasteiger partial charge is 0.0307 e. The summed E-state index contributed by atoms with van der Waals surface area (Å²) in [5, 5.41) is 2.51. The normalized spacial score (nSPS) is 12.9. The Morgan fingerprint density at radius 2 is 1.75 bits per heavy atom. The lowest BCUT2D eigenvalue weighted by molar-refractivity contribution is 0.662. The van der Waals surface area contributed by atoms with E-state index in [0.29, 0.717) is 6.54 Å². The van der Waals surface area contributed by atoms with Crippen molar-refractivity contribution in [3.05, 3.63) is 47.5 Å². The van der Waals surface area contributed by atoms with Gasteiger partial charge < -0.3 is 11.5 Å². The summed E-state index contributed by atoms with van der Waals surface area (Å²) < 4.78 is 0. The van der Waals surface area contributed by atoms with Crippen LogP contribution in [0.2, 0.25) is 0 Å². The van der Waals surface area contributed by atoms with Crippen LogP contribution < -0.4 is 11.5 Å². The van der Waals surface area contributed by atoms with Gasteiger partial charge in [-0.2, -0.15) is 0 Å². The molecule has 2 nitrogen and oxygen atoms in total. The standard InChI is InChI=1S/C14H18N2/c1-10-2-3-12-9-13(14(16)6-7-15)5-4-11(12)8-10/h2-5,8-9,14H,6-7,15-16H2,1H3. The zero-order valence-electron chi connectivity index (χ0n) is 9.61. The summed E-state index contributed by atoms with van der Waals surface area (Å²) in [5.74, 6) is 0. The van der Waals surface area contributed by atoms with E-state index in [-0.39, 0.29) is 6.04 Å². The monoisotopic (exact) mass is 214 g/mol. The molecule has 0 radical (unpaired) electrons. The van der Waals surface area contributed by atoms with Gasteiger partial charge in [0, 0.05) is 6.04 Å². The molecule has 2 heteroatoms. The molecule has 0 spiro atoms. The molecule has 0 amide bonds. The molecular formula is C14H18N2. The van der Waals surface area contributed by atoms with Crippen molar-refractivity contribution in [2.24, 2.45) is 11.5 Å². The maximum absolute atomic E-state index is 6.05. The summed E-state index contributed by atoms with van der Waals surface area (Å²) in [6.45, 7) is 2.74. The fraction of sp³-hybridized carbons (Fsp3) is 0.286. The van der Waals surface area contributed by atoms with Crippen molar-refractivity contribution in [2.45, 2.75) is 19.4 Å². The predicted octanol–water partition coefficient (Wildman–Crippen LogP) is 2.50. The minimum Gasteiger partial charge on any atom is -0.330 e. The van der Waals surface area contributed by atoms with E-state index in [1.54, 1.807) is 0 Å². The van der Waals surface area contributed by atoms with Crippen molar-refractivity contribution in [1.82, 2.24) is 0 Å². The first-order valence-electron chi connectivity index (χ1n) is 5.66. The van der Waals surface area contributed by atoms with Crippen molar-refractivity contribution in [1.29, 1.82) is 0 Å². The highest BCUT2D eigenvalue weighted by Crippen LogP contribution is 2.21. The molecule has 0 aliphatic heterocycles. The van der Waals surface area contributed by atoms with Gasteiger partial charge in [0.15, 0.2) is 0 Å². The third kappa shape index (κ3) is 2.23. The molecule has 2 aromatic rings. The topological polar surface area (TPSA) is 52.0 Å². The molecule has 0 saturated carbocycles. The average Bonchev–Trinajstić information content (AvgIpc) is 2.28. The van der Waals surface area contributed by atoms with Gasteiger partial charge in [0.25, 0.3) is 0 Å². The van der Waals surface area contributed by atoms with E-state index in [9.17, 15) is 0 Å². The Morgan fingerprint density at radius 1 is 1.06 bits per heavy atom. The van der Waals surface area contributed by atoms with Crippen LogP contribution in [0.25, 0.3) is 10.8 Å². The molecule has 0 fully saturated rings. The van der Waals surface area contributed by atoms with Gasteiger partial charge in [-0.1, -0.05) is 35.9 Å². The summed E-state index contributed by atoms with van der Waals surface area (Å²) in [4.78, 5) is 0. The summed E-state index contributed by atoms with van der Waals surface area (Å²) in [6, 6.07) is 12.9. The van der Waals surface area contributed by atoms with Gasteiger partial charge in [-0.3, -0.25) is 0 Å². The molecule has 16 heavy (non-hydrogen) atoms. The number of hydrogen-bond acceptors (Lipinski definition) is 2. The molecule has 4 N–H and O–H groups in total. The number of hydrogen-bond donors (Lipinski definition) is 2. The molecule has 0 heterocycles. The number of nitrogens with two attached hydrogens (primary N) is 2. The number of fused-ring (bicyclic) bond motifs is 1. The van der Waals surface area contributed by atoms with Gasteiger partial charge in [-0.05, 0) is 42.3 Å². The van der Waals surface area contributed by atoms with Gasteiger partial charge in [0.2, 0.25) is 0 Å². The largest absolute Gasteiger partial charge is 0.330 e. The minimum atomic E-state index is 0.0516. The van der Waals surface area contributed by atoms with Crippen molar-refractivity contribution in [2.75, 3.05) is 6.54 Å². The van der Waals surface area contributed by atoms with Gasteiger partial charge in [-0.15, -0.1) is 0 Å². The lowest BCUT2D eigenvalue weighted by atomic mass is 9.99. The Kier molecular flexibility index (Phi) is 3.22. The van der Waals surface area contributed by atoms with E-state index < -0.39 is 0 Å². The Morgan fingerprint density at radius 3 is 2.50 bits per heavy atom. The highest BCUT2D eigenvalue weighted by atomic mass is 14.7. The second-order valence-corrected chi connectivity index (χ2v) is 4.29. The first-order valence-corrected chi connectivity index (χ1v) is 5.66. The molecule has 1 unspecified atom stereocenters. The molecule has 0 aliphatic rings. The molecule has 1 atom stereocenters. The molecule has 0 aliphatic carbocycles. The summed E-state index contributed by atoms with van der Waals surface area (Å²) in [6.07, 6.45) is 0.831. The quantitative estimate of drug-likeness (QED) is 0.824. The van der Waals surface area contributed by atoms with Crippen molar-refractivity contribution in [3.63, 3.8) is 0 Å². The van der Waals surface area contributed by atoms with Crippen LogP contribution in [0.3, 0.4) is 0 Å². The third-order valence-electron chi connectivity index (χ3n) is 2.93. The van der Waals surface area contributed by atoms with E-state index >= 15 is 0 Å². The average molecular weight is 214 g/mol. The van der Waals surface area contributed by atoms with Crippen molar-refractivity contribution < 1.29 is 0 Å². The van der Waals surface area contributed by atoms with E-state index in [4.69, 9.17) is 11.5 Å². The van der Waals surface area contributed by atoms with Crippen LogP contribution >= 0.6 is 0 Å². The lowest BCUT2D eigenvalue weighted by Crippen LogP contribution is -2.15.